The van der Waals surface area contributed by atoms with Gasteiger partial charge in [-0.1, -0.05) is 17.7 Å². The third-order valence-corrected chi connectivity index (χ3v) is 4.55. The van der Waals surface area contributed by atoms with Gasteiger partial charge in [-0.25, -0.2) is 0 Å². The number of hydrogen-bond acceptors (Lipinski definition) is 3. The highest BCUT2D eigenvalue weighted by Crippen LogP contribution is 2.30. The summed E-state index contributed by atoms with van der Waals surface area (Å²) in [6, 6.07) is 13.1. The monoisotopic (exact) mass is 442 g/mol. The third-order valence-electron chi connectivity index (χ3n) is 3.65. The first kappa shape index (κ1) is 16.5. The van der Waals surface area contributed by atoms with Crippen LogP contribution in [-0.2, 0) is 4.74 Å². The summed E-state index contributed by atoms with van der Waals surface area (Å²) < 4.78 is 6.42. The van der Waals surface area contributed by atoms with E-state index < -0.39 is 0 Å². The molecule has 6 heteroatoms. The molecule has 2 aromatic carbocycles. The number of anilines is 2. The highest BCUT2D eigenvalue weighted by atomic mass is 127. The van der Waals surface area contributed by atoms with E-state index in [9.17, 15) is 4.79 Å². The Hall–Kier alpha value is -1.31. The van der Waals surface area contributed by atoms with Crippen molar-refractivity contribution < 1.29 is 9.53 Å². The van der Waals surface area contributed by atoms with Gasteiger partial charge in [-0.05, 0) is 59.0 Å². The van der Waals surface area contributed by atoms with E-state index in [0.29, 0.717) is 23.8 Å². The number of nitrogens with zero attached hydrogens (tertiary/aromatic N) is 1. The van der Waals surface area contributed by atoms with Gasteiger partial charge >= 0.3 is 0 Å². The summed E-state index contributed by atoms with van der Waals surface area (Å²) in [7, 11) is 0. The van der Waals surface area contributed by atoms with Crippen molar-refractivity contribution in [2.75, 3.05) is 36.5 Å². The van der Waals surface area contributed by atoms with Gasteiger partial charge < -0.3 is 15.0 Å². The van der Waals surface area contributed by atoms with Gasteiger partial charge in [0, 0.05) is 27.2 Å². The van der Waals surface area contributed by atoms with E-state index in [4.69, 9.17) is 16.3 Å². The van der Waals surface area contributed by atoms with Crippen LogP contribution in [0.3, 0.4) is 0 Å². The summed E-state index contributed by atoms with van der Waals surface area (Å²) in [6.45, 7) is 2.97. The number of ether oxygens (including phenoxy) is 1. The van der Waals surface area contributed by atoms with E-state index in [2.05, 4.69) is 32.8 Å². The Morgan fingerprint density at radius 1 is 1.17 bits per heavy atom. The normalized spacial score (nSPS) is 14.6. The van der Waals surface area contributed by atoms with Crippen molar-refractivity contribution >= 4 is 51.5 Å². The maximum Gasteiger partial charge on any atom is 0.255 e. The molecule has 1 aliphatic heterocycles. The quantitative estimate of drug-likeness (QED) is 0.730. The molecule has 120 valence electrons. The molecule has 0 aliphatic carbocycles. The molecule has 0 aromatic heterocycles. The van der Waals surface area contributed by atoms with Crippen molar-refractivity contribution in [3.05, 3.63) is 56.6 Å². The number of halogens is 2. The fourth-order valence-corrected chi connectivity index (χ4v) is 3.23. The smallest absolute Gasteiger partial charge is 0.255 e. The van der Waals surface area contributed by atoms with Crippen LogP contribution in [0.5, 0.6) is 0 Å². The molecule has 1 amide bonds. The molecule has 0 spiro atoms. The van der Waals surface area contributed by atoms with Crippen LogP contribution in [0.4, 0.5) is 11.4 Å². The Bertz CT molecular complexity index is 717. The predicted molar refractivity (Wildman–Crippen MR) is 102 cm³/mol. The minimum absolute atomic E-state index is 0.139. The van der Waals surface area contributed by atoms with Crippen molar-refractivity contribution in [1.29, 1.82) is 0 Å². The second-order valence-electron chi connectivity index (χ2n) is 5.23. The molecule has 1 aliphatic rings. The average Bonchev–Trinajstić information content (AvgIpc) is 2.56. The number of benzene rings is 2. The third kappa shape index (κ3) is 4.16. The van der Waals surface area contributed by atoms with Crippen molar-refractivity contribution in [1.82, 2.24) is 0 Å². The fourth-order valence-electron chi connectivity index (χ4n) is 2.51. The van der Waals surface area contributed by atoms with Gasteiger partial charge in [0.2, 0.25) is 0 Å². The lowest BCUT2D eigenvalue weighted by molar-refractivity contribution is 0.102. The summed E-state index contributed by atoms with van der Waals surface area (Å²) in [5.74, 6) is -0.139. The van der Waals surface area contributed by atoms with Crippen molar-refractivity contribution in [2.24, 2.45) is 0 Å². The molecule has 0 saturated carbocycles. The minimum Gasteiger partial charge on any atom is -0.378 e. The summed E-state index contributed by atoms with van der Waals surface area (Å²) in [5, 5.41) is 3.58. The lowest BCUT2D eigenvalue weighted by Gasteiger charge is -2.30. The summed E-state index contributed by atoms with van der Waals surface area (Å²) in [6.07, 6.45) is 0. The molecular weight excluding hydrogens is 427 g/mol. The van der Waals surface area contributed by atoms with Crippen LogP contribution in [-0.4, -0.2) is 32.2 Å². The molecule has 1 heterocycles. The highest BCUT2D eigenvalue weighted by Gasteiger charge is 2.17. The van der Waals surface area contributed by atoms with E-state index in [0.717, 1.165) is 28.0 Å². The van der Waals surface area contributed by atoms with Gasteiger partial charge in [0.05, 0.1) is 24.6 Å². The molecule has 1 N–H and O–H groups in total. The Morgan fingerprint density at radius 2 is 1.96 bits per heavy atom. The average molecular weight is 443 g/mol. The van der Waals surface area contributed by atoms with Crippen LogP contribution in [0.2, 0.25) is 5.02 Å². The molecule has 0 unspecified atom stereocenters. The first-order chi connectivity index (χ1) is 11.1. The largest absolute Gasteiger partial charge is 0.378 e. The van der Waals surface area contributed by atoms with E-state index >= 15 is 0 Å². The number of carbonyl (C=O) groups excluding carboxylic acids is 1. The SMILES string of the molecule is O=C(Nc1cc(Cl)ccc1N1CCOCC1)c1cccc(I)c1. The zero-order valence-corrected chi connectivity index (χ0v) is 15.3. The number of carbonyl (C=O) groups is 1. The Balaban J connectivity index is 1.86. The zero-order chi connectivity index (χ0) is 16.2. The van der Waals surface area contributed by atoms with Gasteiger partial charge in [-0.3, -0.25) is 4.79 Å². The predicted octanol–water partition coefficient (Wildman–Crippen LogP) is 4.03. The molecule has 2 aromatic rings. The molecule has 0 radical (unpaired) electrons. The second kappa shape index (κ2) is 7.51. The van der Waals surface area contributed by atoms with Crippen LogP contribution in [0.15, 0.2) is 42.5 Å². The number of hydrogen-bond donors (Lipinski definition) is 1. The number of nitrogens with one attached hydrogen (secondary N) is 1. The van der Waals surface area contributed by atoms with Gasteiger partial charge in [-0.2, -0.15) is 0 Å². The standard InChI is InChI=1S/C17H16ClIN2O2/c18-13-4-5-16(21-6-8-23-9-7-21)15(11-13)20-17(22)12-2-1-3-14(19)10-12/h1-5,10-11H,6-9H2,(H,20,22). The second-order valence-corrected chi connectivity index (χ2v) is 6.91. The van der Waals surface area contributed by atoms with Crippen molar-refractivity contribution in [2.45, 2.75) is 0 Å². The van der Waals surface area contributed by atoms with Crippen LogP contribution in [0, 0.1) is 3.57 Å². The molecule has 0 bridgehead atoms. The fraction of sp³-hybridized carbons (Fsp3) is 0.235. The summed E-state index contributed by atoms with van der Waals surface area (Å²) in [4.78, 5) is 14.7. The Labute approximate surface area is 153 Å². The maximum atomic E-state index is 12.5. The first-order valence-corrected chi connectivity index (χ1v) is 8.78. The zero-order valence-electron chi connectivity index (χ0n) is 12.4. The van der Waals surface area contributed by atoms with Crippen LogP contribution in [0.1, 0.15) is 10.4 Å². The van der Waals surface area contributed by atoms with E-state index in [-0.39, 0.29) is 5.91 Å². The van der Waals surface area contributed by atoms with Crippen LogP contribution in [0.25, 0.3) is 0 Å². The first-order valence-electron chi connectivity index (χ1n) is 7.32. The number of rotatable bonds is 3. The number of amides is 1. The van der Waals surface area contributed by atoms with E-state index in [1.165, 1.54) is 0 Å². The highest BCUT2D eigenvalue weighted by molar-refractivity contribution is 14.1. The summed E-state index contributed by atoms with van der Waals surface area (Å²) in [5.41, 5.74) is 2.32. The van der Waals surface area contributed by atoms with E-state index in [1.807, 2.05) is 30.3 Å². The molecular formula is C17H16ClIN2O2. The lowest BCUT2D eigenvalue weighted by Crippen LogP contribution is -2.36. The molecule has 0 atom stereocenters. The molecule has 4 nitrogen and oxygen atoms in total. The van der Waals surface area contributed by atoms with E-state index in [1.54, 1.807) is 12.1 Å². The molecule has 23 heavy (non-hydrogen) atoms. The lowest BCUT2D eigenvalue weighted by atomic mass is 10.2. The van der Waals surface area contributed by atoms with Gasteiger partial charge in [-0.15, -0.1) is 0 Å². The minimum atomic E-state index is -0.139. The van der Waals surface area contributed by atoms with Gasteiger partial charge in [0.25, 0.3) is 5.91 Å². The number of morpholine rings is 1. The van der Waals surface area contributed by atoms with Gasteiger partial charge in [0.1, 0.15) is 0 Å². The van der Waals surface area contributed by atoms with Crippen LogP contribution >= 0.6 is 34.2 Å². The van der Waals surface area contributed by atoms with Gasteiger partial charge in [0.15, 0.2) is 0 Å². The maximum absolute atomic E-state index is 12.5. The van der Waals surface area contributed by atoms with Crippen molar-refractivity contribution in [3.8, 4) is 0 Å². The molecule has 1 fully saturated rings. The Kier molecular flexibility index (Phi) is 5.40. The summed E-state index contributed by atoms with van der Waals surface area (Å²) >= 11 is 8.31. The molecule has 3 rings (SSSR count). The van der Waals surface area contributed by atoms with Crippen LogP contribution < -0.4 is 10.2 Å². The molecule has 1 saturated heterocycles. The van der Waals surface area contributed by atoms with Crippen molar-refractivity contribution in [3.63, 3.8) is 0 Å². The Morgan fingerprint density at radius 3 is 2.70 bits per heavy atom. The topological polar surface area (TPSA) is 41.6 Å².